The molecule has 0 aliphatic carbocycles. The van der Waals surface area contributed by atoms with E-state index in [1.54, 1.807) is 131 Å². The maximum atomic E-state index is 15.1. The fraction of sp³-hybridized carbons (Fsp3) is 0.600. The Kier molecular flexibility index (Phi) is 34.8. The van der Waals surface area contributed by atoms with E-state index in [1.807, 2.05) is 27.7 Å². The van der Waals surface area contributed by atoms with Crippen molar-refractivity contribution in [1.82, 2.24) is 61.3 Å². The van der Waals surface area contributed by atoms with Gasteiger partial charge in [0.25, 0.3) is 0 Å². The summed E-state index contributed by atoms with van der Waals surface area (Å²) in [4.78, 5) is 178. The number of nitrogens with one attached hydrogen (secondary N) is 6. The monoisotopic (exact) mass is 1440 g/mol. The Hall–Kier alpha value is -8.86. The van der Waals surface area contributed by atoms with Crippen LogP contribution < -0.4 is 37.6 Å². The lowest BCUT2D eigenvalue weighted by atomic mass is 9.96. The molecule has 13 atom stereocenters. The van der Waals surface area contributed by atoms with Gasteiger partial charge in [0.05, 0.1) is 31.2 Å². The fourth-order valence-corrected chi connectivity index (χ4v) is 12.5. The van der Waals surface area contributed by atoms with E-state index in [0.29, 0.717) is 29.8 Å². The van der Waals surface area contributed by atoms with Crippen LogP contribution in [0.2, 0.25) is 0 Å². The van der Waals surface area contributed by atoms with E-state index in [-0.39, 0.29) is 49.8 Å². The van der Waals surface area contributed by atoms with Gasteiger partial charge >= 0.3 is 5.97 Å². The van der Waals surface area contributed by atoms with Gasteiger partial charge in [0.2, 0.25) is 65.0 Å². The van der Waals surface area contributed by atoms with Gasteiger partial charge in [-0.15, -0.1) is 0 Å². The summed E-state index contributed by atoms with van der Waals surface area (Å²) < 4.78 is 0. The van der Waals surface area contributed by atoms with Crippen molar-refractivity contribution in [2.45, 2.75) is 213 Å². The number of amides is 11. The minimum Gasteiger partial charge on any atom is -0.481 e. The van der Waals surface area contributed by atoms with E-state index >= 15 is 4.79 Å². The molecule has 11 N–H and O–H groups in total. The highest BCUT2D eigenvalue weighted by Gasteiger charge is 2.43. The average Bonchev–Trinajstić information content (AvgIpc) is 0.813. The number of carboxylic acids is 1. The molecule has 0 saturated carbocycles. The number of carbonyl (C=O) groups is 12. The lowest BCUT2D eigenvalue weighted by molar-refractivity contribution is -0.149. The summed E-state index contributed by atoms with van der Waals surface area (Å²) in [6.45, 7) is 19.1. The number of likely N-dealkylation sites (tertiary alicyclic amines) is 1. The molecule has 1 saturated heterocycles. The molecule has 103 heavy (non-hydrogen) atoms. The maximum absolute atomic E-state index is 15.1. The highest BCUT2D eigenvalue weighted by molar-refractivity contribution is 5.99. The number of hydrogen-bond donors (Lipinski definition) is 10. The van der Waals surface area contributed by atoms with Gasteiger partial charge < -0.3 is 77.5 Å². The number of nitrogens with zero attached hydrogens (tertiary/aromatic N) is 6. The number of aliphatic carboxylic acids is 1. The van der Waals surface area contributed by atoms with Crippen LogP contribution in [0.3, 0.4) is 0 Å². The lowest BCUT2D eigenvalue weighted by Gasteiger charge is -2.38. The zero-order valence-corrected chi connectivity index (χ0v) is 63.0. The molecule has 1 aliphatic rings. The molecule has 0 aromatic heterocycles. The maximum Gasteiger partial charge on any atom is 0.305 e. The van der Waals surface area contributed by atoms with Crippen LogP contribution in [-0.2, 0) is 76.8 Å². The van der Waals surface area contributed by atoms with Gasteiger partial charge in [-0.25, -0.2) is 0 Å². The number of aliphatic hydroxyl groups is 2. The molecule has 1 aliphatic heterocycles. The first-order valence-electron chi connectivity index (χ1n) is 35.7. The van der Waals surface area contributed by atoms with Crippen LogP contribution in [0.4, 0.5) is 0 Å². The molecule has 3 aromatic carbocycles. The van der Waals surface area contributed by atoms with Crippen molar-refractivity contribution < 1.29 is 72.9 Å². The largest absolute Gasteiger partial charge is 0.481 e. The van der Waals surface area contributed by atoms with Crippen molar-refractivity contribution in [3.05, 3.63) is 108 Å². The van der Waals surface area contributed by atoms with Crippen LogP contribution in [0.25, 0.3) is 0 Å². The molecule has 1 heterocycles. The van der Waals surface area contributed by atoms with Gasteiger partial charge in [0.1, 0.15) is 60.6 Å². The van der Waals surface area contributed by atoms with Crippen molar-refractivity contribution in [2.75, 3.05) is 54.9 Å². The second-order valence-electron chi connectivity index (χ2n) is 28.9. The molecule has 1 fully saturated rings. The first kappa shape index (κ1) is 86.5. The second-order valence-corrected chi connectivity index (χ2v) is 28.9. The molecule has 4 rings (SSSR count). The molecule has 3 aromatic rings. The Morgan fingerprint density at radius 2 is 0.893 bits per heavy atom. The predicted octanol–water partition coefficient (Wildman–Crippen LogP) is 1.82. The number of likely N-dealkylation sites (N-methyl/N-ethyl adjacent to an activating group) is 5. The number of hydrogen-bond acceptors (Lipinski definition) is 16. The highest BCUT2D eigenvalue weighted by Crippen LogP contribution is 2.23. The Morgan fingerprint density at radius 3 is 1.36 bits per heavy atom. The highest BCUT2D eigenvalue weighted by atomic mass is 16.4. The van der Waals surface area contributed by atoms with Crippen molar-refractivity contribution in [2.24, 2.45) is 29.4 Å². The Bertz CT molecular complexity index is 3300. The molecule has 570 valence electrons. The lowest BCUT2D eigenvalue weighted by Crippen LogP contribution is -2.62. The first-order chi connectivity index (χ1) is 48.4. The normalized spacial score (nSPS) is 16.2. The third-order valence-corrected chi connectivity index (χ3v) is 18.7. The molecule has 0 bridgehead atoms. The van der Waals surface area contributed by atoms with Gasteiger partial charge in [-0.1, -0.05) is 146 Å². The molecular weight excluding hydrogens is 1320 g/mol. The zero-order chi connectivity index (χ0) is 77.3. The third-order valence-electron chi connectivity index (χ3n) is 18.7. The summed E-state index contributed by atoms with van der Waals surface area (Å²) >= 11 is 0. The van der Waals surface area contributed by atoms with E-state index in [9.17, 15) is 68.1 Å². The van der Waals surface area contributed by atoms with Gasteiger partial charge in [0, 0.05) is 60.5 Å². The van der Waals surface area contributed by atoms with E-state index in [0.717, 1.165) is 29.1 Å². The Labute approximate surface area is 607 Å². The molecule has 0 spiro atoms. The summed E-state index contributed by atoms with van der Waals surface area (Å²) in [5.74, 6) is -10.8. The quantitative estimate of drug-likeness (QED) is 0.0364. The number of carbonyl (C=O) groups excluding carboxylic acids is 11. The van der Waals surface area contributed by atoms with Crippen LogP contribution in [0, 0.1) is 23.7 Å². The number of carboxylic acid groups (broad SMARTS) is 1. The molecule has 28 heteroatoms. The SMILES string of the molecule is CC(C)C[C@@H](C(=O)N[C@H](C(=O)N(C)[C@@H](Cc1ccccc1)C(=O)NCC(O)N(C)[C@@H](CC(C)C)C(=O)N(C)[C@H](C(=O)N[C@@H](Cc1ccccc1)C(=O)N[C@@H](CC(=O)O)C(=O)N(C)C(Cc1ccccc1)C(=O)N[C@@H](C)C(=O)N1CCCCC1)C(C)C)[C@@H](C)O)N(C)C(=O)[C@@H](NC(=O)[C@H](C)N)C(C)C. The van der Waals surface area contributed by atoms with Crippen molar-refractivity contribution in [3.63, 3.8) is 0 Å². The summed E-state index contributed by atoms with van der Waals surface area (Å²) in [5, 5.41) is 49.6. The number of piperidine rings is 1. The average molecular weight is 1440 g/mol. The predicted molar refractivity (Wildman–Crippen MR) is 389 cm³/mol. The molecule has 2 unspecified atom stereocenters. The van der Waals surface area contributed by atoms with Gasteiger partial charge in [-0.3, -0.25) is 62.4 Å². The van der Waals surface area contributed by atoms with Crippen molar-refractivity contribution >= 4 is 70.9 Å². The number of benzene rings is 3. The zero-order valence-electron chi connectivity index (χ0n) is 63.0. The first-order valence-corrected chi connectivity index (χ1v) is 35.7. The number of nitrogens with two attached hydrogens (primary N) is 1. The summed E-state index contributed by atoms with van der Waals surface area (Å²) in [6, 6.07) is 11.9. The summed E-state index contributed by atoms with van der Waals surface area (Å²) in [6.07, 6.45) is -1.49. The van der Waals surface area contributed by atoms with E-state index < -0.39 is 169 Å². The van der Waals surface area contributed by atoms with Gasteiger partial charge in [0.15, 0.2) is 0 Å². The third kappa shape index (κ3) is 26.1. The van der Waals surface area contributed by atoms with E-state index in [2.05, 4.69) is 31.9 Å². The van der Waals surface area contributed by atoms with Crippen LogP contribution >= 0.6 is 0 Å². The van der Waals surface area contributed by atoms with Gasteiger partial charge in [-0.2, -0.15) is 0 Å². The van der Waals surface area contributed by atoms with Gasteiger partial charge in [-0.05, 0) is 100 Å². The molecule has 28 nitrogen and oxygen atoms in total. The number of aliphatic hydroxyl groups excluding tert-OH is 2. The van der Waals surface area contributed by atoms with Crippen molar-refractivity contribution in [3.8, 4) is 0 Å². The standard InChI is InChI=1S/C75H115N13O15/c1-44(2)37-56(85(14)74(102)62(46(5)6)81-65(93)48(9)76)69(97)82-63(50(11)89)75(103)86(15)57(40-52-31-23-18-24-32-52)67(95)77-43-60(90)83(12)59(38-45(3)4)73(101)87(16)64(47(7)8)70(98)79-54(39-51-29-21-17-22-30-51)66(94)80-55(42-61(91)92)72(100)84(13)58(41-53-33-25-19-26-34-53)68(96)78-49(10)71(99)88-35-27-20-28-36-88/h17-19,21-26,29-34,44-50,54-60,62-64,89-90H,20,27-28,35-43,76H2,1-16H3,(H,77,95)(H,78,96)(H,79,98)(H,80,94)(H,81,93)(H,82,97)(H,91,92)/t48-,49-,50+,54-,55-,56-,57-,58?,59-,60?,62-,63-,64-/m0/s1. The summed E-state index contributed by atoms with van der Waals surface area (Å²) in [7, 11) is 6.91. The molecule has 0 radical (unpaired) electrons. The minimum atomic E-state index is -1.78. The number of rotatable bonds is 39. The minimum absolute atomic E-state index is 0.0474. The Balaban J connectivity index is 1.61. The Morgan fingerprint density at radius 1 is 0.456 bits per heavy atom. The van der Waals surface area contributed by atoms with E-state index in [4.69, 9.17) is 5.73 Å². The van der Waals surface area contributed by atoms with Crippen LogP contribution in [-0.4, -0.2) is 249 Å². The van der Waals surface area contributed by atoms with Crippen LogP contribution in [0.1, 0.15) is 131 Å². The smallest absolute Gasteiger partial charge is 0.305 e. The summed E-state index contributed by atoms with van der Waals surface area (Å²) in [5.41, 5.74) is 7.62. The topological polar surface area (TPSA) is 383 Å². The van der Waals surface area contributed by atoms with Crippen molar-refractivity contribution in [1.29, 1.82) is 0 Å². The molecular formula is C75H115N13O15. The van der Waals surface area contributed by atoms with Crippen LogP contribution in [0.5, 0.6) is 0 Å². The molecule has 11 amide bonds. The van der Waals surface area contributed by atoms with E-state index in [1.165, 1.54) is 63.8 Å². The fourth-order valence-electron chi connectivity index (χ4n) is 12.5. The second kappa shape index (κ2) is 41.4. The van der Waals surface area contributed by atoms with Crippen LogP contribution in [0.15, 0.2) is 91.0 Å².